The molecule has 1 heterocycles. The molecule has 1 aromatic heterocycles. The molecule has 1 aliphatic carbocycles. The molecule has 2 N–H and O–H groups in total. The van der Waals surface area contributed by atoms with E-state index in [4.69, 9.17) is 9.84 Å². The molecule has 0 saturated carbocycles. The smallest absolute Gasteiger partial charge is 0.337 e. The number of hydrogen-bond donors (Lipinski definition) is 2. The first kappa shape index (κ1) is 17.1. The number of aromatic carboxylic acids is 1. The van der Waals surface area contributed by atoms with Crippen molar-refractivity contribution in [3.63, 3.8) is 0 Å². The topological polar surface area (TPSA) is 76.4 Å². The zero-order valence-corrected chi connectivity index (χ0v) is 15.1. The first-order chi connectivity index (χ1) is 13.2. The van der Waals surface area contributed by atoms with Crippen molar-refractivity contribution in [3.8, 4) is 11.4 Å². The van der Waals surface area contributed by atoms with Gasteiger partial charge in [-0.3, -0.25) is 0 Å². The van der Waals surface area contributed by atoms with E-state index in [1.54, 1.807) is 12.1 Å². The summed E-state index contributed by atoms with van der Waals surface area (Å²) in [5.41, 5.74) is 3.88. The molecular weight excluding hydrogens is 342 g/mol. The van der Waals surface area contributed by atoms with Gasteiger partial charge in [-0.1, -0.05) is 18.2 Å². The molecule has 6 heteroatoms. The first-order valence-corrected chi connectivity index (χ1v) is 9.02. The lowest BCUT2D eigenvalue weighted by Crippen LogP contribution is -2.08. The Hall–Kier alpha value is -3.28. The average Bonchev–Trinajstić information content (AvgIpc) is 3.07. The maximum Gasteiger partial charge on any atom is 0.337 e. The SMILES string of the molecule is COc1ccc(Nc2c3c(nn2-c2ccccc2)CCCC3)c(C(=O)O)c1. The molecule has 4 rings (SSSR count). The number of nitrogens with zero attached hydrogens (tertiary/aromatic N) is 2. The van der Waals surface area contributed by atoms with Crippen LogP contribution in [0.3, 0.4) is 0 Å². The molecule has 3 aromatic rings. The Morgan fingerprint density at radius 2 is 1.93 bits per heavy atom. The number of ether oxygens (including phenoxy) is 1. The lowest BCUT2D eigenvalue weighted by Gasteiger charge is -2.16. The van der Waals surface area contributed by atoms with Gasteiger partial charge < -0.3 is 15.2 Å². The lowest BCUT2D eigenvalue weighted by molar-refractivity contribution is 0.0697. The summed E-state index contributed by atoms with van der Waals surface area (Å²) in [6, 6.07) is 14.9. The summed E-state index contributed by atoms with van der Waals surface area (Å²) in [6.45, 7) is 0. The molecular formula is C21H21N3O3. The Labute approximate surface area is 157 Å². The number of carbonyl (C=O) groups is 1. The van der Waals surface area contributed by atoms with Gasteiger partial charge in [0.25, 0.3) is 0 Å². The third kappa shape index (κ3) is 3.26. The lowest BCUT2D eigenvalue weighted by atomic mass is 9.97. The highest BCUT2D eigenvalue weighted by atomic mass is 16.5. The number of hydrogen-bond acceptors (Lipinski definition) is 4. The van der Waals surface area contributed by atoms with Crippen LogP contribution in [0.2, 0.25) is 0 Å². The van der Waals surface area contributed by atoms with Crippen LogP contribution in [0.4, 0.5) is 11.5 Å². The number of benzene rings is 2. The molecule has 0 atom stereocenters. The minimum Gasteiger partial charge on any atom is -0.497 e. The second-order valence-electron chi connectivity index (χ2n) is 6.57. The van der Waals surface area contributed by atoms with E-state index in [1.807, 2.05) is 35.0 Å². The van der Waals surface area contributed by atoms with Crippen LogP contribution in [0, 0.1) is 0 Å². The standard InChI is InChI=1S/C21H21N3O3/c1-27-15-11-12-18(17(13-15)21(25)26)22-20-16-9-5-6-10-19(16)23-24(20)14-7-3-2-4-8-14/h2-4,7-8,11-13,22H,5-6,9-10H2,1H3,(H,25,26). The quantitative estimate of drug-likeness (QED) is 0.710. The van der Waals surface area contributed by atoms with E-state index in [2.05, 4.69) is 5.32 Å². The van der Waals surface area contributed by atoms with Crippen molar-refractivity contribution in [1.82, 2.24) is 9.78 Å². The second kappa shape index (κ2) is 7.15. The maximum atomic E-state index is 11.7. The Morgan fingerprint density at radius 1 is 1.15 bits per heavy atom. The molecule has 0 spiro atoms. The number of nitrogens with one attached hydrogen (secondary N) is 1. The summed E-state index contributed by atoms with van der Waals surface area (Å²) < 4.78 is 7.05. The number of rotatable bonds is 5. The van der Waals surface area contributed by atoms with Crippen molar-refractivity contribution in [1.29, 1.82) is 0 Å². The number of para-hydroxylation sites is 1. The van der Waals surface area contributed by atoms with Crippen LogP contribution in [-0.4, -0.2) is 28.0 Å². The van der Waals surface area contributed by atoms with Gasteiger partial charge >= 0.3 is 5.97 Å². The predicted octanol–water partition coefficient (Wildman–Crippen LogP) is 4.20. The summed E-state index contributed by atoms with van der Waals surface area (Å²) in [6.07, 6.45) is 4.11. The summed E-state index contributed by atoms with van der Waals surface area (Å²) in [7, 11) is 1.52. The van der Waals surface area contributed by atoms with E-state index >= 15 is 0 Å². The highest BCUT2D eigenvalue weighted by Gasteiger charge is 2.23. The van der Waals surface area contributed by atoms with Crippen LogP contribution in [-0.2, 0) is 12.8 Å². The molecule has 0 aliphatic heterocycles. The normalized spacial score (nSPS) is 13.1. The minimum atomic E-state index is -1.00. The summed E-state index contributed by atoms with van der Waals surface area (Å²) in [5.74, 6) is 0.344. The largest absolute Gasteiger partial charge is 0.497 e. The monoisotopic (exact) mass is 363 g/mol. The zero-order chi connectivity index (χ0) is 18.8. The van der Waals surface area contributed by atoms with Crippen molar-refractivity contribution >= 4 is 17.5 Å². The van der Waals surface area contributed by atoms with Crippen molar-refractivity contribution < 1.29 is 14.6 Å². The fourth-order valence-electron chi connectivity index (χ4n) is 3.50. The number of carboxylic acids is 1. The molecule has 0 unspecified atom stereocenters. The van der Waals surface area contributed by atoms with E-state index in [9.17, 15) is 9.90 Å². The van der Waals surface area contributed by atoms with Crippen LogP contribution in [0.5, 0.6) is 5.75 Å². The summed E-state index contributed by atoms with van der Waals surface area (Å²) >= 11 is 0. The fourth-order valence-corrected chi connectivity index (χ4v) is 3.50. The van der Waals surface area contributed by atoms with E-state index in [1.165, 1.54) is 13.2 Å². The van der Waals surface area contributed by atoms with Crippen LogP contribution in [0.15, 0.2) is 48.5 Å². The zero-order valence-electron chi connectivity index (χ0n) is 15.1. The van der Waals surface area contributed by atoms with Gasteiger partial charge in [-0.05, 0) is 56.0 Å². The Kier molecular flexibility index (Phi) is 4.54. The van der Waals surface area contributed by atoms with Crippen LogP contribution < -0.4 is 10.1 Å². The fraction of sp³-hybridized carbons (Fsp3) is 0.238. The summed E-state index contributed by atoms with van der Waals surface area (Å²) in [4.78, 5) is 11.7. The molecule has 0 saturated heterocycles. The molecule has 0 amide bonds. The molecule has 0 radical (unpaired) electrons. The Bertz CT molecular complexity index is 980. The van der Waals surface area contributed by atoms with Gasteiger partial charge in [0.2, 0.25) is 0 Å². The third-order valence-electron chi connectivity index (χ3n) is 4.87. The van der Waals surface area contributed by atoms with Crippen LogP contribution in [0.25, 0.3) is 5.69 Å². The van der Waals surface area contributed by atoms with E-state index in [0.717, 1.165) is 48.4 Å². The number of fused-ring (bicyclic) bond motifs is 1. The molecule has 2 aromatic carbocycles. The van der Waals surface area contributed by atoms with E-state index in [-0.39, 0.29) is 5.56 Å². The van der Waals surface area contributed by atoms with Crippen molar-refractivity contribution in [2.24, 2.45) is 0 Å². The molecule has 0 fully saturated rings. The van der Waals surface area contributed by atoms with Gasteiger partial charge in [0, 0.05) is 5.56 Å². The first-order valence-electron chi connectivity index (χ1n) is 9.02. The minimum absolute atomic E-state index is 0.166. The van der Waals surface area contributed by atoms with Gasteiger partial charge in [0.05, 0.1) is 29.7 Å². The molecule has 0 bridgehead atoms. The van der Waals surface area contributed by atoms with Gasteiger partial charge in [-0.25, -0.2) is 9.48 Å². The average molecular weight is 363 g/mol. The Balaban J connectivity index is 1.83. The van der Waals surface area contributed by atoms with Crippen LogP contribution >= 0.6 is 0 Å². The molecule has 27 heavy (non-hydrogen) atoms. The van der Waals surface area contributed by atoms with Gasteiger partial charge in [0.1, 0.15) is 11.6 Å². The maximum absolute atomic E-state index is 11.7. The van der Waals surface area contributed by atoms with Crippen molar-refractivity contribution in [2.75, 3.05) is 12.4 Å². The highest BCUT2D eigenvalue weighted by molar-refractivity contribution is 5.95. The number of methoxy groups -OCH3 is 1. The number of aryl methyl sites for hydroxylation is 1. The van der Waals surface area contributed by atoms with Crippen molar-refractivity contribution in [2.45, 2.75) is 25.7 Å². The number of carboxylic acid groups (broad SMARTS) is 1. The second-order valence-corrected chi connectivity index (χ2v) is 6.57. The van der Waals surface area contributed by atoms with Crippen molar-refractivity contribution in [3.05, 3.63) is 65.4 Å². The molecule has 6 nitrogen and oxygen atoms in total. The van der Waals surface area contributed by atoms with Crippen LogP contribution in [0.1, 0.15) is 34.5 Å². The van der Waals surface area contributed by atoms with Gasteiger partial charge in [-0.2, -0.15) is 5.10 Å². The highest BCUT2D eigenvalue weighted by Crippen LogP contribution is 2.33. The van der Waals surface area contributed by atoms with E-state index < -0.39 is 5.97 Å². The van der Waals surface area contributed by atoms with E-state index in [0.29, 0.717) is 11.4 Å². The third-order valence-corrected chi connectivity index (χ3v) is 4.87. The predicted molar refractivity (Wildman–Crippen MR) is 103 cm³/mol. The Morgan fingerprint density at radius 3 is 2.67 bits per heavy atom. The van der Waals surface area contributed by atoms with Gasteiger partial charge in [0.15, 0.2) is 0 Å². The number of anilines is 2. The molecule has 1 aliphatic rings. The van der Waals surface area contributed by atoms with Gasteiger partial charge in [-0.15, -0.1) is 0 Å². The number of aromatic nitrogens is 2. The molecule has 138 valence electrons. The summed E-state index contributed by atoms with van der Waals surface area (Å²) in [5, 5.41) is 17.8.